The summed E-state index contributed by atoms with van der Waals surface area (Å²) in [6.45, 7) is 1.71. The molecule has 82 valence electrons. The molecule has 16 heavy (non-hydrogen) atoms. The molecule has 2 aromatic rings. The van der Waals surface area contributed by atoms with E-state index in [0.29, 0.717) is 17.1 Å². The van der Waals surface area contributed by atoms with E-state index in [0.717, 1.165) is 5.69 Å². The maximum absolute atomic E-state index is 13.0. The minimum atomic E-state index is -0.223. The third-order valence-electron chi connectivity index (χ3n) is 2.26. The minimum absolute atomic E-state index is 0.223. The van der Waals surface area contributed by atoms with Crippen LogP contribution in [0.1, 0.15) is 5.56 Å². The molecule has 0 saturated carbocycles. The molecule has 0 aliphatic rings. The first kappa shape index (κ1) is 10.4. The van der Waals surface area contributed by atoms with Gasteiger partial charge in [0.05, 0.1) is 5.69 Å². The normalized spacial score (nSPS) is 10.1. The van der Waals surface area contributed by atoms with Crippen molar-refractivity contribution in [2.24, 2.45) is 0 Å². The number of rotatable bonds is 2. The van der Waals surface area contributed by atoms with Gasteiger partial charge in [-0.1, -0.05) is 0 Å². The van der Waals surface area contributed by atoms with Crippen molar-refractivity contribution in [3.63, 3.8) is 0 Å². The fraction of sp³-hybridized carbons (Fsp3) is 0.0833. The zero-order valence-electron chi connectivity index (χ0n) is 8.87. The number of nitrogens with zero attached hydrogens (tertiary/aromatic N) is 1. The molecule has 0 atom stereocenters. The first-order valence-electron chi connectivity index (χ1n) is 4.90. The molecule has 1 aromatic heterocycles. The lowest BCUT2D eigenvalue weighted by atomic mass is 10.2. The van der Waals surface area contributed by atoms with Gasteiger partial charge in [-0.05, 0) is 42.8 Å². The zero-order chi connectivity index (χ0) is 11.5. The van der Waals surface area contributed by atoms with Gasteiger partial charge < -0.3 is 11.1 Å². The molecule has 0 spiro atoms. The highest BCUT2D eigenvalue weighted by atomic mass is 19.1. The van der Waals surface area contributed by atoms with Crippen molar-refractivity contribution in [1.29, 1.82) is 0 Å². The molecule has 4 heteroatoms. The molecule has 0 aliphatic carbocycles. The van der Waals surface area contributed by atoms with Crippen molar-refractivity contribution in [2.45, 2.75) is 6.92 Å². The number of hydrogen-bond acceptors (Lipinski definition) is 3. The maximum Gasteiger partial charge on any atom is 0.153 e. The highest BCUT2D eigenvalue weighted by Gasteiger charge is 2.02. The molecule has 0 unspecified atom stereocenters. The molecule has 0 amide bonds. The second-order valence-corrected chi connectivity index (χ2v) is 3.53. The van der Waals surface area contributed by atoms with Gasteiger partial charge in [0.2, 0.25) is 0 Å². The highest BCUT2D eigenvalue weighted by Crippen LogP contribution is 2.21. The number of nitrogens with two attached hydrogens (primary N) is 1. The average Bonchev–Trinajstić information content (AvgIpc) is 2.27. The fourth-order valence-electron chi connectivity index (χ4n) is 1.38. The number of anilines is 3. The molecule has 3 nitrogen and oxygen atoms in total. The number of halogens is 1. The van der Waals surface area contributed by atoms with Crippen LogP contribution in [0.25, 0.3) is 0 Å². The van der Waals surface area contributed by atoms with Crippen LogP contribution >= 0.6 is 0 Å². The Morgan fingerprint density at radius 2 is 2.12 bits per heavy atom. The standard InChI is InChI=1S/C12H12FN3/c1-8-7-9(4-5-10(8)13)16-12-11(14)3-2-6-15-12/h2-7H,14H2,1H3,(H,15,16). The Balaban J connectivity index is 2.28. The van der Waals surface area contributed by atoms with Gasteiger partial charge in [0.1, 0.15) is 5.82 Å². The summed E-state index contributed by atoms with van der Waals surface area (Å²) < 4.78 is 13.0. The Bertz CT molecular complexity index is 511. The Morgan fingerprint density at radius 3 is 2.81 bits per heavy atom. The van der Waals surface area contributed by atoms with E-state index >= 15 is 0 Å². The van der Waals surface area contributed by atoms with E-state index in [1.54, 1.807) is 37.4 Å². The lowest BCUT2D eigenvalue weighted by molar-refractivity contribution is 0.619. The van der Waals surface area contributed by atoms with Crippen molar-refractivity contribution in [1.82, 2.24) is 4.98 Å². The van der Waals surface area contributed by atoms with E-state index in [1.807, 2.05) is 0 Å². The number of pyridine rings is 1. The molecule has 0 aliphatic heterocycles. The van der Waals surface area contributed by atoms with Crippen LogP contribution in [0.5, 0.6) is 0 Å². The summed E-state index contributed by atoms with van der Waals surface area (Å²) in [6.07, 6.45) is 1.65. The van der Waals surface area contributed by atoms with E-state index in [9.17, 15) is 4.39 Å². The Morgan fingerprint density at radius 1 is 1.31 bits per heavy atom. The number of aryl methyl sites for hydroxylation is 1. The fourth-order valence-corrected chi connectivity index (χ4v) is 1.38. The number of hydrogen-bond donors (Lipinski definition) is 2. The van der Waals surface area contributed by atoms with Gasteiger partial charge in [0, 0.05) is 11.9 Å². The third-order valence-corrected chi connectivity index (χ3v) is 2.26. The number of benzene rings is 1. The van der Waals surface area contributed by atoms with Crippen LogP contribution in [-0.2, 0) is 0 Å². The van der Waals surface area contributed by atoms with Crippen molar-refractivity contribution in [3.8, 4) is 0 Å². The number of nitrogen functional groups attached to an aromatic ring is 1. The molecule has 0 bridgehead atoms. The van der Waals surface area contributed by atoms with Crippen LogP contribution in [0.15, 0.2) is 36.5 Å². The van der Waals surface area contributed by atoms with E-state index in [1.165, 1.54) is 6.07 Å². The van der Waals surface area contributed by atoms with Gasteiger partial charge in [-0.15, -0.1) is 0 Å². The topological polar surface area (TPSA) is 50.9 Å². The molecule has 0 radical (unpaired) electrons. The zero-order valence-corrected chi connectivity index (χ0v) is 8.87. The lowest BCUT2D eigenvalue weighted by Gasteiger charge is -2.08. The van der Waals surface area contributed by atoms with E-state index in [2.05, 4.69) is 10.3 Å². The number of aromatic nitrogens is 1. The van der Waals surface area contributed by atoms with Crippen molar-refractivity contribution in [2.75, 3.05) is 11.1 Å². The summed E-state index contributed by atoms with van der Waals surface area (Å²) in [7, 11) is 0. The van der Waals surface area contributed by atoms with Crippen LogP contribution < -0.4 is 11.1 Å². The predicted molar refractivity (Wildman–Crippen MR) is 63.1 cm³/mol. The molecule has 1 heterocycles. The predicted octanol–water partition coefficient (Wildman–Crippen LogP) is 2.85. The molecule has 2 rings (SSSR count). The van der Waals surface area contributed by atoms with Gasteiger partial charge in [-0.3, -0.25) is 0 Å². The third kappa shape index (κ3) is 2.11. The largest absolute Gasteiger partial charge is 0.396 e. The average molecular weight is 217 g/mol. The van der Waals surface area contributed by atoms with Gasteiger partial charge in [0.25, 0.3) is 0 Å². The van der Waals surface area contributed by atoms with Crippen LogP contribution in [0.2, 0.25) is 0 Å². The van der Waals surface area contributed by atoms with Crippen LogP contribution in [0.4, 0.5) is 21.6 Å². The second-order valence-electron chi connectivity index (χ2n) is 3.53. The Labute approximate surface area is 93.1 Å². The van der Waals surface area contributed by atoms with Crippen LogP contribution in [-0.4, -0.2) is 4.98 Å². The lowest BCUT2D eigenvalue weighted by Crippen LogP contribution is -1.99. The molecule has 1 aromatic carbocycles. The summed E-state index contributed by atoms with van der Waals surface area (Å²) in [5, 5.41) is 3.04. The highest BCUT2D eigenvalue weighted by molar-refractivity contribution is 5.68. The Hall–Kier alpha value is -2.10. The SMILES string of the molecule is Cc1cc(Nc2ncccc2N)ccc1F. The van der Waals surface area contributed by atoms with Crippen LogP contribution in [0.3, 0.4) is 0 Å². The molecule has 0 fully saturated rings. The summed E-state index contributed by atoms with van der Waals surface area (Å²) in [5.74, 6) is 0.355. The molecular weight excluding hydrogens is 205 g/mol. The van der Waals surface area contributed by atoms with Gasteiger partial charge in [-0.2, -0.15) is 0 Å². The van der Waals surface area contributed by atoms with E-state index in [-0.39, 0.29) is 5.82 Å². The number of nitrogens with one attached hydrogen (secondary N) is 1. The van der Waals surface area contributed by atoms with Gasteiger partial charge in [0.15, 0.2) is 5.82 Å². The van der Waals surface area contributed by atoms with Crippen molar-refractivity contribution >= 4 is 17.2 Å². The molecule has 3 N–H and O–H groups in total. The summed E-state index contributed by atoms with van der Waals surface area (Å²) in [5.41, 5.74) is 7.65. The van der Waals surface area contributed by atoms with E-state index < -0.39 is 0 Å². The van der Waals surface area contributed by atoms with Gasteiger partial charge >= 0.3 is 0 Å². The van der Waals surface area contributed by atoms with Gasteiger partial charge in [-0.25, -0.2) is 9.37 Å². The van der Waals surface area contributed by atoms with Crippen molar-refractivity contribution in [3.05, 3.63) is 47.9 Å². The second kappa shape index (κ2) is 4.18. The first-order valence-corrected chi connectivity index (χ1v) is 4.90. The maximum atomic E-state index is 13.0. The summed E-state index contributed by atoms with van der Waals surface area (Å²) >= 11 is 0. The minimum Gasteiger partial charge on any atom is -0.396 e. The smallest absolute Gasteiger partial charge is 0.153 e. The first-order chi connectivity index (χ1) is 7.66. The monoisotopic (exact) mass is 217 g/mol. The van der Waals surface area contributed by atoms with Crippen LogP contribution in [0, 0.1) is 12.7 Å². The van der Waals surface area contributed by atoms with E-state index in [4.69, 9.17) is 5.73 Å². The Kier molecular flexibility index (Phi) is 2.72. The molecular formula is C12H12FN3. The molecule has 0 saturated heterocycles. The quantitative estimate of drug-likeness (QED) is 0.813. The summed E-state index contributed by atoms with van der Waals surface area (Å²) in [4.78, 5) is 4.10. The van der Waals surface area contributed by atoms with Crippen molar-refractivity contribution < 1.29 is 4.39 Å². The summed E-state index contributed by atoms with van der Waals surface area (Å²) in [6, 6.07) is 8.29.